The molecule has 0 heterocycles. The number of methoxy groups -OCH3 is 1. The van der Waals surface area contributed by atoms with Crippen LogP contribution in [0, 0.1) is 0 Å². The molecule has 0 amide bonds. The fraction of sp³-hybridized carbons (Fsp3) is 0.625. The molecule has 0 radical (unpaired) electrons. The lowest BCUT2D eigenvalue weighted by atomic mass is 10.1. The molecule has 20 heavy (non-hydrogen) atoms. The summed E-state index contributed by atoms with van der Waals surface area (Å²) in [7, 11) is 1.70. The van der Waals surface area contributed by atoms with Crippen LogP contribution in [0.2, 0.25) is 0 Å². The van der Waals surface area contributed by atoms with Crippen molar-refractivity contribution in [2.75, 3.05) is 26.9 Å². The lowest BCUT2D eigenvalue weighted by Gasteiger charge is -2.14. The van der Waals surface area contributed by atoms with Gasteiger partial charge in [0.05, 0.1) is 12.7 Å². The molecule has 4 nitrogen and oxygen atoms in total. The van der Waals surface area contributed by atoms with Gasteiger partial charge in [-0.2, -0.15) is 0 Å². The van der Waals surface area contributed by atoms with E-state index in [2.05, 4.69) is 19.2 Å². The van der Waals surface area contributed by atoms with Gasteiger partial charge >= 0.3 is 0 Å². The van der Waals surface area contributed by atoms with E-state index in [0.29, 0.717) is 19.1 Å². The lowest BCUT2D eigenvalue weighted by Crippen LogP contribution is -2.28. The van der Waals surface area contributed by atoms with E-state index in [1.807, 2.05) is 24.3 Å². The van der Waals surface area contributed by atoms with Gasteiger partial charge in [0.15, 0.2) is 0 Å². The van der Waals surface area contributed by atoms with Crippen molar-refractivity contribution in [1.82, 2.24) is 5.32 Å². The molecule has 0 saturated heterocycles. The smallest absolute Gasteiger partial charge is 0.119 e. The Morgan fingerprint density at radius 3 is 2.50 bits per heavy atom. The van der Waals surface area contributed by atoms with Crippen LogP contribution in [0.25, 0.3) is 0 Å². The van der Waals surface area contributed by atoms with E-state index in [9.17, 15) is 5.11 Å². The lowest BCUT2D eigenvalue weighted by molar-refractivity contribution is 0.0995. The van der Waals surface area contributed by atoms with Gasteiger partial charge < -0.3 is 19.9 Å². The highest BCUT2D eigenvalue weighted by Crippen LogP contribution is 2.13. The van der Waals surface area contributed by atoms with E-state index in [0.717, 1.165) is 25.3 Å². The number of benzene rings is 1. The molecule has 114 valence electrons. The van der Waals surface area contributed by atoms with Crippen LogP contribution in [0.3, 0.4) is 0 Å². The summed E-state index contributed by atoms with van der Waals surface area (Å²) < 4.78 is 10.6. The van der Waals surface area contributed by atoms with Crippen molar-refractivity contribution in [2.45, 2.75) is 38.8 Å². The van der Waals surface area contributed by atoms with E-state index in [1.165, 1.54) is 5.56 Å². The summed E-state index contributed by atoms with van der Waals surface area (Å²) in [6.45, 7) is 6.04. The number of ether oxygens (including phenoxy) is 2. The molecule has 0 unspecified atom stereocenters. The van der Waals surface area contributed by atoms with E-state index in [1.54, 1.807) is 7.11 Å². The first-order valence-electron chi connectivity index (χ1n) is 7.24. The maximum absolute atomic E-state index is 9.81. The first-order valence-corrected chi connectivity index (χ1v) is 7.24. The Hall–Kier alpha value is -1.10. The van der Waals surface area contributed by atoms with Gasteiger partial charge in [0.25, 0.3) is 0 Å². The summed E-state index contributed by atoms with van der Waals surface area (Å²) in [5.74, 6) is 0.794. The molecule has 0 saturated carbocycles. The topological polar surface area (TPSA) is 50.7 Å². The third-order valence-corrected chi connectivity index (χ3v) is 2.99. The van der Waals surface area contributed by atoms with E-state index in [-0.39, 0.29) is 0 Å². The van der Waals surface area contributed by atoms with Crippen LogP contribution < -0.4 is 10.1 Å². The fourth-order valence-electron chi connectivity index (χ4n) is 1.79. The van der Waals surface area contributed by atoms with E-state index >= 15 is 0 Å². The Bertz CT molecular complexity index is 351. The van der Waals surface area contributed by atoms with Crippen molar-refractivity contribution >= 4 is 0 Å². The van der Waals surface area contributed by atoms with Crippen LogP contribution in [-0.4, -0.2) is 44.1 Å². The number of rotatable bonds is 10. The van der Waals surface area contributed by atoms with Crippen LogP contribution in [-0.2, 0) is 11.2 Å². The van der Waals surface area contributed by atoms with Crippen LogP contribution in [0.4, 0.5) is 0 Å². The normalized spacial score (nSPS) is 12.7. The first kappa shape index (κ1) is 17.0. The van der Waals surface area contributed by atoms with Gasteiger partial charge in [0.1, 0.15) is 12.4 Å². The molecule has 4 heteroatoms. The van der Waals surface area contributed by atoms with Gasteiger partial charge in [0.2, 0.25) is 0 Å². The van der Waals surface area contributed by atoms with Gasteiger partial charge in [-0.15, -0.1) is 0 Å². The highest BCUT2D eigenvalue weighted by molar-refractivity contribution is 5.27. The molecular formula is C16H27NO3. The summed E-state index contributed by atoms with van der Waals surface area (Å²) in [5, 5.41) is 13.1. The third-order valence-electron chi connectivity index (χ3n) is 2.99. The second-order valence-corrected chi connectivity index (χ2v) is 5.25. The standard InChI is InChI=1S/C16H27NO3/c1-13(2)17-10-8-15(18)12-20-16-6-4-14(5-7-16)9-11-19-3/h4-7,13,15,17-18H,8-12H2,1-3H3/t15-/m0/s1. The zero-order valence-electron chi connectivity index (χ0n) is 12.8. The van der Waals surface area contributed by atoms with Gasteiger partial charge in [-0.1, -0.05) is 26.0 Å². The maximum atomic E-state index is 9.81. The molecule has 0 spiro atoms. The molecule has 2 N–H and O–H groups in total. The minimum atomic E-state index is -0.436. The van der Waals surface area contributed by atoms with Crippen molar-refractivity contribution in [3.8, 4) is 5.75 Å². The van der Waals surface area contributed by atoms with Crippen LogP contribution in [0.1, 0.15) is 25.8 Å². The molecule has 1 rings (SSSR count). The zero-order chi connectivity index (χ0) is 14.8. The summed E-state index contributed by atoms with van der Waals surface area (Å²) in [5.41, 5.74) is 1.22. The molecule has 1 aromatic carbocycles. The van der Waals surface area contributed by atoms with Gasteiger partial charge in [0, 0.05) is 13.2 Å². The van der Waals surface area contributed by atoms with E-state index in [4.69, 9.17) is 9.47 Å². The molecule has 1 atom stereocenters. The van der Waals surface area contributed by atoms with Crippen molar-refractivity contribution in [2.24, 2.45) is 0 Å². The Labute approximate surface area is 122 Å². The number of aliphatic hydroxyl groups is 1. The first-order chi connectivity index (χ1) is 9.61. The summed E-state index contributed by atoms with van der Waals surface area (Å²) >= 11 is 0. The quantitative estimate of drug-likeness (QED) is 0.689. The monoisotopic (exact) mass is 281 g/mol. The number of hydrogen-bond acceptors (Lipinski definition) is 4. The summed E-state index contributed by atoms with van der Waals surface area (Å²) in [6, 6.07) is 8.37. The minimum Gasteiger partial charge on any atom is -0.491 e. The minimum absolute atomic E-state index is 0.331. The molecule has 0 aromatic heterocycles. The van der Waals surface area contributed by atoms with Gasteiger partial charge in [-0.25, -0.2) is 0 Å². The average Bonchev–Trinajstić information content (AvgIpc) is 2.43. The fourth-order valence-corrected chi connectivity index (χ4v) is 1.79. The molecule has 0 aliphatic rings. The number of hydrogen-bond donors (Lipinski definition) is 2. The highest BCUT2D eigenvalue weighted by Gasteiger charge is 2.05. The van der Waals surface area contributed by atoms with Crippen molar-refractivity contribution < 1.29 is 14.6 Å². The Morgan fingerprint density at radius 2 is 1.90 bits per heavy atom. The predicted molar refractivity (Wildman–Crippen MR) is 81.3 cm³/mol. The van der Waals surface area contributed by atoms with Crippen molar-refractivity contribution in [3.05, 3.63) is 29.8 Å². The molecular weight excluding hydrogens is 254 g/mol. The molecule has 1 aromatic rings. The van der Waals surface area contributed by atoms with Crippen molar-refractivity contribution in [3.63, 3.8) is 0 Å². The van der Waals surface area contributed by atoms with Crippen LogP contribution in [0.5, 0.6) is 5.75 Å². The molecule has 0 bridgehead atoms. The SMILES string of the molecule is COCCc1ccc(OC[C@@H](O)CCNC(C)C)cc1. The number of aliphatic hydroxyl groups excluding tert-OH is 1. The van der Waals surface area contributed by atoms with Gasteiger partial charge in [-0.05, 0) is 37.1 Å². The summed E-state index contributed by atoms with van der Waals surface area (Å²) in [6.07, 6.45) is 1.17. The Kier molecular flexibility index (Phi) is 8.26. The van der Waals surface area contributed by atoms with Gasteiger partial charge in [-0.3, -0.25) is 0 Å². The maximum Gasteiger partial charge on any atom is 0.119 e. The second kappa shape index (κ2) is 9.75. The molecule has 0 fully saturated rings. The average molecular weight is 281 g/mol. The second-order valence-electron chi connectivity index (χ2n) is 5.25. The Morgan fingerprint density at radius 1 is 1.20 bits per heavy atom. The van der Waals surface area contributed by atoms with Crippen LogP contribution in [0.15, 0.2) is 24.3 Å². The molecule has 0 aliphatic heterocycles. The number of nitrogens with one attached hydrogen (secondary N) is 1. The third kappa shape index (κ3) is 7.48. The Balaban J connectivity index is 2.23. The zero-order valence-corrected chi connectivity index (χ0v) is 12.8. The van der Waals surface area contributed by atoms with Crippen LogP contribution >= 0.6 is 0 Å². The molecule has 0 aliphatic carbocycles. The predicted octanol–water partition coefficient (Wildman–Crippen LogP) is 2.00. The highest BCUT2D eigenvalue weighted by atomic mass is 16.5. The largest absolute Gasteiger partial charge is 0.491 e. The summed E-state index contributed by atoms with van der Waals surface area (Å²) in [4.78, 5) is 0. The van der Waals surface area contributed by atoms with Crippen molar-refractivity contribution in [1.29, 1.82) is 0 Å². The van der Waals surface area contributed by atoms with E-state index < -0.39 is 6.10 Å².